The van der Waals surface area contributed by atoms with Gasteiger partial charge in [-0.2, -0.15) is 0 Å². The van der Waals surface area contributed by atoms with Crippen LogP contribution in [0.5, 0.6) is 0 Å². The number of para-hydroxylation sites is 1. The number of amides is 2. The molecule has 0 saturated carbocycles. The standard InChI is InChI=1S/C18H18FN3OS/c1-2-22(12-13-6-5-7-14(19)10-13)18(23)20-11-17-21-15-8-3-4-9-16(15)24-17/h3-10H,2,11-12H2,1H3,(H,20,23). The number of urea groups is 1. The Bertz CT molecular complexity index is 816. The lowest BCUT2D eigenvalue weighted by molar-refractivity contribution is 0.197. The number of nitrogens with one attached hydrogen (secondary N) is 1. The van der Waals surface area contributed by atoms with E-state index in [4.69, 9.17) is 0 Å². The summed E-state index contributed by atoms with van der Waals surface area (Å²) < 4.78 is 14.4. The molecule has 0 aliphatic heterocycles. The molecule has 0 aliphatic carbocycles. The fraction of sp³-hybridized carbons (Fsp3) is 0.222. The van der Waals surface area contributed by atoms with E-state index in [9.17, 15) is 9.18 Å². The van der Waals surface area contributed by atoms with Crippen LogP contribution in [-0.4, -0.2) is 22.5 Å². The van der Waals surface area contributed by atoms with E-state index in [0.29, 0.717) is 19.6 Å². The van der Waals surface area contributed by atoms with Gasteiger partial charge < -0.3 is 10.2 Å². The molecule has 2 aromatic carbocycles. The topological polar surface area (TPSA) is 45.2 Å². The van der Waals surface area contributed by atoms with Gasteiger partial charge in [0.2, 0.25) is 0 Å². The van der Waals surface area contributed by atoms with Crippen molar-refractivity contribution in [1.82, 2.24) is 15.2 Å². The number of fused-ring (bicyclic) bond motifs is 1. The first-order valence-electron chi connectivity index (χ1n) is 7.77. The first-order valence-corrected chi connectivity index (χ1v) is 8.59. The summed E-state index contributed by atoms with van der Waals surface area (Å²) in [5.41, 5.74) is 1.71. The highest BCUT2D eigenvalue weighted by Crippen LogP contribution is 2.21. The Kier molecular flexibility index (Phi) is 5.05. The van der Waals surface area contributed by atoms with E-state index in [-0.39, 0.29) is 11.8 Å². The van der Waals surface area contributed by atoms with Crippen molar-refractivity contribution in [2.45, 2.75) is 20.0 Å². The zero-order valence-corrected chi connectivity index (χ0v) is 14.1. The lowest BCUT2D eigenvalue weighted by Gasteiger charge is -2.21. The summed E-state index contributed by atoms with van der Waals surface area (Å²) in [5.74, 6) is -0.293. The molecule has 2 amide bonds. The van der Waals surface area contributed by atoms with E-state index in [1.165, 1.54) is 12.1 Å². The van der Waals surface area contributed by atoms with Crippen LogP contribution in [0.3, 0.4) is 0 Å². The molecule has 1 aromatic heterocycles. The van der Waals surface area contributed by atoms with Crippen LogP contribution in [0.2, 0.25) is 0 Å². The third-order valence-electron chi connectivity index (χ3n) is 3.66. The van der Waals surface area contributed by atoms with Gasteiger partial charge in [0, 0.05) is 13.1 Å². The second-order valence-corrected chi connectivity index (χ2v) is 6.49. The third-order valence-corrected chi connectivity index (χ3v) is 4.70. The van der Waals surface area contributed by atoms with Gasteiger partial charge in [-0.25, -0.2) is 14.2 Å². The lowest BCUT2D eigenvalue weighted by atomic mass is 10.2. The fourth-order valence-electron chi connectivity index (χ4n) is 2.44. The van der Waals surface area contributed by atoms with Crippen molar-refractivity contribution in [2.24, 2.45) is 0 Å². The van der Waals surface area contributed by atoms with E-state index < -0.39 is 0 Å². The van der Waals surface area contributed by atoms with Crippen LogP contribution < -0.4 is 5.32 Å². The Hall–Kier alpha value is -2.47. The van der Waals surface area contributed by atoms with Gasteiger partial charge in [-0.1, -0.05) is 24.3 Å². The average Bonchev–Trinajstić information content (AvgIpc) is 3.00. The molecule has 6 heteroatoms. The molecule has 0 fully saturated rings. The van der Waals surface area contributed by atoms with Gasteiger partial charge >= 0.3 is 6.03 Å². The summed E-state index contributed by atoms with van der Waals surface area (Å²) in [7, 11) is 0. The second-order valence-electron chi connectivity index (χ2n) is 5.38. The quantitative estimate of drug-likeness (QED) is 0.756. The van der Waals surface area contributed by atoms with Gasteiger partial charge in [-0.05, 0) is 36.8 Å². The van der Waals surface area contributed by atoms with Gasteiger partial charge in [0.25, 0.3) is 0 Å². The zero-order valence-electron chi connectivity index (χ0n) is 13.3. The van der Waals surface area contributed by atoms with Crippen molar-refractivity contribution in [2.75, 3.05) is 6.54 Å². The minimum absolute atomic E-state index is 0.180. The van der Waals surface area contributed by atoms with Gasteiger partial charge in [-0.3, -0.25) is 0 Å². The van der Waals surface area contributed by atoms with Crippen molar-refractivity contribution in [3.05, 3.63) is 64.9 Å². The van der Waals surface area contributed by atoms with Crippen LogP contribution in [0, 0.1) is 5.82 Å². The molecule has 0 saturated heterocycles. The maximum absolute atomic E-state index is 13.3. The second kappa shape index (κ2) is 7.40. The van der Waals surface area contributed by atoms with E-state index >= 15 is 0 Å². The molecule has 1 N–H and O–H groups in total. The number of nitrogens with zero attached hydrogens (tertiary/aromatic N) is 2. The van der Waals surface area contributed by atoms with Crippen molar-refractivity contribution in [3.63, 3.8) is 0 Å². The molecule has 0 unspecified atom stereocenters. The predicted octanol–water partition coefficient (Wildman–Crippen LogP) is 4.17. The Labute approximate surface area is 143 Å². The van der Waals surface area contributed by atoms with Gasteiger partial charge in [0.05, 0.1) is 16.8 Å². The molecule has 124 valence electrons. The lowest BCUT2D eigenvalue weighted by Crippen LogP contribution is -2.39. The Morgan fingerprint density at radius 2 is 2.08 bits per heavy atom. The molecule has 1 heterocycles. The van der Waals surface area contributed by atoms with Crippen LogP contribution in [-0.2, 0) is 13.1 Å². The summed E-state index contributed by atoms with van der Waals surface area (Å²) in [6, 6.07) is 14.0. The van der Waals surface area contributed by atoms with Crippen molar-refractivity contribution in [3.8, 4) is 0 Å². The highest BCUT2D eigenvalue weighted by Gasteiger charge is 2.13. The number of aromatic nitrogens is 1. The monoisotopic (exact) mass is 343 g/mol. The van der Waals surface area contributed by atoms with Crippen molar-refractivity contribution >= 4 is 27.6 Å². The normalized spacial score (nSPS) is 10.8. The zero-order chi connectivity index (χ0) is 16.9. The first-order chi connectivity index (χ1) is 11.7. The minimum Gasteiger partial charge on any atom is -0.331 e. The summed E-state index contributed by atoms with van der Waals surface area (Å²) in [5, 5.41) is 3.75. The van der Waals surface area contributed by atoms with Gasteiger partial charge in [0.1, 0.15) is 10.8 Å². The van der Waals surface area contributed by atoms with Crippen LogP contribution in [0.15, 0.2) is 48.5 Å². The molecular weight excluding hydrogens is 325 g/mol. The number of carbonyl (C=O) groups excluding carboxylic acids is 1. The molecular formula is C18H18FN3OS. The Morgan fingerprint density at radius 1 is 1.25 bits per heavy atom. The van der Waals surface area contributed by atoms with Gasteiger partial charge in [-0.15, -0.1) is 11.3 Å². The van der Waals surface area contributed by atoms with Crippen molar-refractivity contribution in [1.29, 1.82) is 0 Å². The summed E-state index contributed by atoms with van der Waals surface area (Å²) in [6.45, 7) is 3.20. The minimum atomic E-state index is -0.293. The smallest absolute Gasteiger partial charge is 0.318 e. The summed E-state index contributed by atoms with van der Waals surface area (Å²) >= 11 is 1.57. The van der Waals surface area contributed by atoms with Crippen molar-refractivity contribution < 1.29 is 9.18 Å². The molecule has 0 radical (unpaired) electrons. The molecule has 24 heavy (non-hydrogen) atoms. The molecule has 0 spiro atoms. The molecule has 3 rings (SSSR count). The Balaban J connectivity index is 1.61. The first kappa shape index (κ1) is 16.4. The molecule has 0 aliphatic rings. The maximum Gasteiger partial charge on any atom is 0.318 e. The number of hydrogen-bond acceptors (Lipinski definition) is 3. The largest absolute Gasteiger partial charge is 0.331 e. The number of carbonyl (C=O) groups is 1. The number of hydrogen-bond donors (Lipinski definition) is 1. The van der Waals surface area contributed by atoms with Crippen LogP contribution >= 0.6 is 11.3 Å². The number of rotatable bonds is 5. The summed E-state index contributed by atoms with van der Waals surface area (Å²) in [4.78, 5) is 18.5. The van der Waals surface area contributed by atoms with Gasteiger partial charge in [0.15, 0.2) is 0 Å². The maximum atomic E-state index is 13.3. The molecule has 3 aromatic rings. The number of halogens is 1. The summed E-state index contributed by atoms with van der Waals surface area (Å²) in [6.07, 6.45) is 0. The van der Waals surface area contributed by atoms with E-state index in [1.54, 1.807) is 22.3 Å². The molecule has 0 bridgehead atoms. The van der Waals surface area contributed by atoms with Crippen LogP contribution in [0.4, 0.5) is 9.18 Å². The van der Waals surface area contributed by atoms with E-state index in [1.807, 2.05) is 37.3 Å². The highest BCUT2D eigenvalue weighted by atomic mass is 32.1. The fourth-order valence-corrected chi connectivity index (χ4v) is 3.35. The number of thiazole rings is 1. The average molecular weight is 343 g/mol. The highest BCUT2D eigenvalue weighted by molar-refractivity contribution is 7.18. The molecule has 0 atom stereocenters. The third kappa shape index (κ3) is 3.89. The number of benzene rings is 2. The van der Waals surface area contributed by atoms with E-state index in [0.717, 1.165) is 20.8 Å². The van der Waals surface area contributed by atoms with Crippen LogP contribution in [0.1, 0.15) is 17.5 Å². The molecule has 4 nitrogen and oxygen atoms in total. The van der Waals surface area contributed by atoms with Crippen LogP contribution in [0.25, 0.3) is 10.2 Å². The van der Waals surface area contributed by atoms with E-state index in [2.05, 4.69) is 10.3 Å². The predicted molar refractivity (Wildman–Crippen MR) is 94.3 cm³/mol. The Morgan fingerprint density at radius 3 is 2.83 bits per heavy atom. The SMILES string of the molecule is CCN(Cc1cccc(F)c1)C(=O)NCc1nc2ccccc2s1.